The second-order valence-corrected chi connectivity index (χ2v) is 6.59. The van der Waals surface area contributed by atoms with Gasteiger partial charge in [-0.3, -0.25) is 9.69 Å². The molecule has 0 aromatic carbocycles. The lowest BCUT2D eigenvalue weighted by Gasteiger charge is -2.37. The van der Waals surface area contributed by atoms with Crippen LogP contribution < -0.4 is 0 Å². The van der Waals surface area contributed by atoms with Crippen LogP contribution in [-0.2, 0) is 4.79 Å². The Hall–Kier alpha value is -0.0900. The number of halogens is 1. The fraction of sp³-hybridized carbons (Fsp3) is 0.909. The number of piperazine rings is 1. The molecule has 1 aliphatic heterocycles. The van der Waals surface area contributed by atoms with Gasteiger partial charge in [-0.15, -0.1) is 0 Å². The van der Waals surface area contributed by atoms with Crippen LogP contribution in [-0.4, -0.2) is 52.8 Å². The van der Waals surface area contributed by atoms with Gasteiger partial charge in [0.1, 0.15) is 0 Å². The summed E-state index contributed by atoms with van der Waals surface area (Å²) in [6.45, 7) is 10.9. The van der Waals surface area contributed by atoms with Crippen LogP contribution in [0.4, 0.5) is 0 Å². The average molecular weight is 277 g/mol. The molecule has 4 heteroatoms. The van der Waals surface area contributed by atoms with Crippen molar-refractivity contribution in [3.05, 3.63) is 0 Å². The summed E-state index contributed by atoms with van der Waals surface area (Å²) in [5, 5.41) is 0. The van der Waals surface area contributed by atoms with E-state index < -0.39 is 4.32 Å². The Bertz CT molecular complexity index is 217. The van der Waals surface area contributed by atoms with E-state index in [1.54, 1.807) is 0 Å². The van der Waals surface area contributed by atoms with Gasteiger partial charge in [-0.25, -0.2) is 0 Å². The number of hydrogen-bond donors (Lipinski definition) is 0. The predicted octanol–water partition coefficient (Wildman–Crippen LogP) is 1.71. The van der Waals surface area contributed by atoms with E-state index in [-0.39, 0.29) is 5.91 Å². The molecule has 0 bridgehead atoms. The monoisotopic (exact) mass is 276 g/mol. The molecule has 1 aliphatic rings. The van der Waals surface area contributed by atoms with Crippen LogP contribution in [0.5, 0.6) is 0 Å². The number of carbonyl (C=O) groups is 1. The highest BCUT2D eigenvalue weighted by atomic mass is 79.9. The largest absolute Gasteiger partial charge is 0.339 e. The zero-order chi connectivity index (χ0) is 11.5. The van der Waals surface area contributed by atoms with Crippen LogP contribution in [0.2, 0.25) is 0 Å². The lowest BCUT2D eigenvalue weighted by Crippen LogP contribution is -2.52. The lowest BCUT2D eigenvalue weighted by atomic mass is 10.1. The molecule has 1 saturated heterocycles. The molecule has 0 radical (unpaired) electrons. The van der Waals surface area contributed by atoms with E-state index in [1.165, 1.54) is 6.42 Å². The number of carbonyl (C=O) groups excluding carboxylic acids is 1. The zero-order valence-corrected chi connectivity index (χ0v) is 11.5. The first-order valence-electron chi connectivity index (χ1n) is 5.65. The highest BCUT2D eigenvalue weighted by Gasteiger charge is 2.30. The van der Waals surface area contributed by atoms with Crippen LogP contribution >= 0.6 is 15.9 Å². The van der Waals surface area contributed by atoms with Gasteiger partial charge in [0.15, 0.2) is 0 Å². The minimum absolute atomic E-state index is 0.207. The molecule has 0 saturated carbocycles. The molecular formula is C11H21BrN2O. The second kappa shape index (κ2) is 5.30. The van der Waals surface area contributed by atoms with E-state index in [0.717, 1.165) is 32.7 Å². The van der Waals surface area contributed by atoms with Gasteiger partial charge in [-0.05, 0) is 26.8 Å². The van der Waals surface area contributed by atoms with Crippen molar-refractivity contribution in [3.8, 4) is 0 Å². The van der Waals surface area contributed by atoms with E-state index >= 15 is 0 Å². The van der Waals surface area contributed by atoms with Gasteiger partial charge in [0, 0.05) is 26.2 Å². The molecule has 0 aliphatic carbocycles. The number of nitrogens with zero attached hydrogens (tertiary/aromatic N) is 2. The fourth-order valence-corrected chi connectivity index (χ4v) is 2.12. The Balaban J connectivity index is 2.41. The third-order valence-corrected chi connectivity index (χ3v) is 3.05. The minimum Gasteiger partial charge on any atom is -0.339 e. The van der Waals surface area contributed by atoms with E-state index in [2.05, 4.69) is 27.8 Å². The van der Waals surface area contributed by atoms with Crippen molar-refractivity contribution >= 4 is 21.8 Å². The maximum absolute atomic E-state index is 11.9. The van der Waals surface area contributed by atoms with Crippen molar-refractivity contribution < 1.29 is 4.79 Å². The van der Waals surface area contributed by atoms with Crippen LogP contribution in [0.1, 0.15) is 27.2 Å². The van der Waals surface area contributed by atoms with Crippen molar-refractivity contribution in [2.24, 2.45) is 0 Å². The van der Waals surface area contributed by atoms with Crippen LogP contribution in [0, 0.1) is 0 Å². The Labute approximate surface area is 101 Å². The normalized spacial score (nSPS) is 19.3. The quantitative estimate of drug-likeness (QED) is 0.733. The van der Waals surface area contributed by atoms with E-state index in [0.29, 0.717) is 0 Å². The summed E-state index contributed by atoms with van der Waals surface area (Å²) in [5.74, 6) is 0.207. The molecule has 1 rings (SSSR count). The minimum atomic E-state index is -0.417. The molecule has 15 heavy (non-hydrogen) atoms. The van der Waals surface area contributed by atoms with Gasteiger partial charge in [-0.2, -0.15) is 0 Å². The summed E-state index contributed by atoms with van der Waals surface area (Å²) in [6, 6.07) is 0. The van der Waals surface area contributed by atoms with Crippen molar-refractivity contribution in [2.45, 2.75) is 31.5 Å². The Kier molecular flexibility index (Phi) is 4.59. The molecular weight excluding hydrogens is 256 g/mol. The molecule has 0 aromatic rings. The summed E-state index contributed by atoms with van der Waals surface area (Å²) >= 11 is 3.42. The fourth-order valence-electron chi connectivity index (χ4n) is 1.87. The smallest absolute Gasteiger partial charge is 0.238 e. The third kappa shape index (κ3) is 3.76. The van der Waals surface area contributed by atoms with Crippen LogP contribution in [0.25, 0.3) is 0 Å². The van der Waals surface area contributed by atoms with Gasteiger partial charge in [-0.1, -0.05) is 22.9 Å². The molecule has 88 valence electrons. The van der Waals surface area contributed by atoms with Crippen LogP contribution in [0.3, 0.4) is 0 Å². The first kappa shape index (κ1) is 13.0. The van der Waals surface area contributed by atoms with Gasteiger partial charge in [0.2, 0.25) is 5.91 Å². The molecule has 0 spiro atoms. The first-order valence-corrected chi connectivity index (χ1v) is 6.45. The third-order valence-electron chi connectivity index (χ3n) is 2.71. The summed E-state index contributed by atoms with van der Waals surface area (Å²) in [6.07, 6.45) is 1.19. The van der Waals surface area contributed by atoms with Crippen molar-refractivity contribution in [1.29, 1.82) is 0 Å². The van der Waals surface area contributed by atoms with E-state index in [4.69, 9.17) is 0 Å². The molecule has 0 N–H and O–H groups in total. The highest BCUT2D eigenvalue weighted by molar-refractivity contribution is 9.10. The molecule has 0 atom stereocenters. The lowest BCUT2D eigenvalue weighted by molar-refractivity contribution is -0.134. The van der Waals surface area contributed by atoms with Gasteiger partial charge >= 0.3 is 0 Å². The standard InChI is InChI=1S/C11H21BrN2O/c1-4-5-13-6-8-14(9-7-13)10(15)11(2,3)12/h4-9H2,1-3H3. The van der Waals surface area contributed by atoms with Gasteiger partial charge < -0.3 is 4.90 Å². The van der Waals surface area contributed by atoms with E-state index in [9.17, 15) is 4.79 Å². The second-order valence-electron chi connectivity index (χ2n) is 4.61. The maximum atomic E-state index is 11.9. The summed E-state index contributed by atoms with van der Waals surface area (Å²) in [4.78, 5) is 16.3. The molecule has 1 heterocycles. The molecule has 0 aromatic heterocycles. The Morgan fingerprint density at radius 1 is 1.27 bits per heavy atom. The average Bonchev–Trinajstić information content (AvgIpc) is 2.17. The number of hydrogen-bond acceptors (Lipinski definition) is 2. The van der Waals surface area contributed by atoms with Crippen molar-refractivity contribution in [1.82, 2.24) is 9.80 Å². The van der Waals surface area contributed by atoms with Crippen molar-refractivity contribution in [2.75, 3.05) is 32.7 Å². The summed E-state index contributed by atoms with van der Waals surface area (Å²) in [7, 11) is 0. The SMILES string of the molecule is CCCN1CCN(C(=O)C(C)(C)Br)CC1. The maximum Gasteiger partial charge on any atom is 0.238 e. The van der Waals surface area contributed by atoms with E-state index in [1.807, 2.05) is 18.7 Å². The van der Waals surface area contributed by atoms with Gasteiger partial charge in [0.05, 0.1) is 4.32 Å². The highest BCUT2D eigenvalue weighted by Crippen LogP contribution is 2.20. The Morgan fingerprint density at radius 2 is 1.80 bits per heavy atom. The zero-order valence-electron chi connectivity index (χ0n) is 9.92. The topological polar surface area (TPSA) is 23.6 Å². The molecule has 3 nitrogen and oxygen atoms in total. The van der Waals surface area contributed by atoms with Gasteiger partial charge in [0.25, 0.3) is 0 Å². The summed E-state index contributed by atoms with van der Waals surface area (Å²) < 4.78 is -0.417. The molecule has 1 fully saturated rings. The predicted molar refractivity (Wildman–Crippen MR) is 66.3 cm³/mol. The number of amides is 1. The van der Waals surface area contributed by atoms with Crippen molar-refractivity contribution in [3.63, 3.8) is 0 Å². The molecule has 0 unspecified atom stereocenters. The Morgan fingerprint density at radius 3 is 2.20 bits per heavy atom. The van der Waals surface area contributed by atoms with Crippen LogP contribution in [0.15, 0.2) is 0 Å². The summed E-state index contributed by atoms with van der Waals surface area (Å²) in [5.41, 5.74) is 0. The molecule has 1 amide bonds. The first-order chi connectivity index (χ1) is 6.95. The number of alkyl halides is 1. The number of rotatable bonds is 3.